The van der Waals surface area contributed by atoms with E-state index < -0.39 is 11.9 Å². The van der Waals surface area contributed by atoms with Crippen LogP contribution in [0.1, 0.15) is 32.0 Å². The molecule has 7 nitrogen and oxygen atoms in total. The molecule has 8 heteroatoms. The number of carbonyl (C=O) groups excluding carboxylic acids is 3. The Kier molecular flexibility index (Phi) is 4.70. The summed E-state index contributed by atoms with van der Waals surface area (Å²) < 4.78 is 5.24. The molecule has 0 aliphatic carbocycles. The van der Waals surface area contributed by atoms with E-state index >= 15 is 0 Å². The minimum atomic E-state index is -0.740. The van der Waals surface area contributed by atoms with Crippen molar-refractivity contribution in [1.82, 2.24) is 4.90 Å². The highest BCUT2D eigenvalue weighted by atomic mass is 32.1. The molecule has 1 aliphatic heterocycles. The maximum Gasteiger partial charge on any atom is 0.290 e. The second-order valence-corrected chi connectivity index (χ2v) is 7.33. The molecule has 4 rings (SSSR count). The summed E-state index contributed by atoms with van der Waals surface area (Å²) in [5.41, 5.74) is 7.60. The smallest absolute Gasteiger partial charge is 0.290 e. The third kappa shape index (κ3) is 3.29. The molecule has 28 heavy (non-hydrogen) atoms. The van der Waals surface area contributed by atoms with Gasteiger partial charge in [-0.15, -0.1) is 11.3 Å². The zero-order chi connectivity index (χ0) is 19.7. The molecule has 1 aliphatic rings. The van der Waals surface area contributed by atoms with Crippen molar-refractivity contribution in [1.29, 1.82) is 0 Å². The zero-order valence-corrected chi connectivity index (χ0v) is 15.6. The first-order valence-electron chi connectivity index (χ1n) is 8.64. The van der Waals surface area contributed by atoms with E-state index in [0.717, 1.165) is 11.1 Å². The Hall–Kier alpha value is -3.39. The van der Waals surface area contributed by atoms with Crippen LogP contribution in [0.2, 0.25) is 0 Å². The summed E-state index contributed by atoms with van der Waals surface area (Å²) in [4.78, 5) is 39.0. The number of anilines is 1. The minimum absolute atomic E-state index is 0.172. The predicted octanol–water partition coefficient (Wildman–Crippen LogP) is 2.65. The number of nitrogens with two attached hydrogens (primary N) is 1. The summed E-state index contributed by atoms with van der Waals surface area (Å²) in [5.74, 6) is -1.18. The van der Waals surface area contributed by atoms with Crippen molar-refractivity contribution in [2.24, 2.45) is 5.73 Å². The zero-order valence-electron chi connectivity index (χ0n) is 14.8. The van der Waals surface area contributed by atoms with Gasteiger partial charge in [0.05, 0.1) is 11.8 Å². The van der Waals surface area contributed by atoms with Gasteiger partial charge in [-0.25, -0.2) is 0 Å². The van der Waals surface area contributed by atoms with Gasteiger partial charge in [-0.2, -0.15) is 0 Å². The van der Waals surface area contributed by atoms with Crippen LogP contribution < -0.4 is 11.1 Å². The second-order valence-electron chi connectivity index (χ2n) is 6.42. The van der Waals surface area contributed by atoms with Crippen molar-refractivity contribution in [2.45, 2.75) is 19.0 Å². The van der Waals surface area contributed by atoms with Crippen LogP contribution in [0.15, 0.2) is 58.5 Å². The molecule has 1 atom stereocenters. The maximum atomic E-state index is 13.1. The van der Waals surface area contributed by atoms with E-state index in [1.54, 1.807) is 23.6 Å². The summed E-state index contributed by atoms with van der Waals surface area (Å²) in [5, 5.41) is 4.81. The standard InChI is InChI=1S/C20H17N3O4S/c21-17(24)14-7-9-28-19(14)22-18(25)15-10-12-4-1-2-5-13(12)11-23(15)20(26)16-6-3-8-27-16/h1-9,15H,10-11H2,(H2,21,24)(H,22,25). The monoisotopic (exact) mass is 395 g/mol. The van der Waals surface area contributed by atoms with Crippen LogP contribution in [0.25, 0.3) is 0 Å². The van der Waals surface area contributed by atoms with E-state index in [9.17, 15) is 14.4 Å². The maximum absolute atomic E-state index is 13.1. The quantitative estimate of drug-likeness (QED) is 0.708. The first kappa shape index (κ1) is 18.0. The predicted molar refractivity (Wildman–Crippen MR) is 104 cm³/mol. The normalized spacial score (nSPS) is 15.7. The van der Waals surface area contributed by atoms with Gasteiger partial charge in [0.1, 0.15) is 11.0 Å². The molecule has 0 radical (unpaired) electrons. The highest BCUT2D eigenvalue weighted by Gasteiger charge is 2.36. The van der Waals surface area contributed by atoms with Crippen LogP contribution >= 0.6 is 11.3 Å². The van der Waals surface area contributed by atoms with Crippen LogP contribution in [-0.2, 0) is 17.8 Å². The summed E-state index contributed by atoms with van der Waals surface area (Å²) in [7, 11) is 0. The SMILES string of the molecule is NC(=O)c1ccsc1NC(=O)C1Cc2ccccc2CN1C(=O)c1ccco1. The fourth-order valence-electron chi connectivity index (χ4n) is 3.31. The van der Waals surface area contributed by atoms with Gasteiger partial charge in [-0.1, -0.05) is 24.3 Å². The molecular formula is C20H17N3O4S. The first-order valence-corrected chi connectivity index (χ1v) is 9.52. The largest absolute Gasteiger partial charge is 0.459 e. The minimum Gasteiger partial charge on any atom is -0.459 e. The molecule has 2 aromatic heterocycles. The van der Waals surface area contributed by atoms with Crippen LogP contribution in [0.5, 0.6) is 0 Å². The van der Waals surface area contributed by atoms with Crippen LogP contribution in [0, 0.1) is 0 Å². The summed E-state index contributed by atoms with van der Waals surface area (Å²) >= 11 is 1.21. The Balaban J connectivity index is 1.65. The molecule has 1 unspecified atom stereocenters. The number of hydrogen-bond donors (Lipinski definition) is 2. The lowest BCUT2D eigenvalue weighted by Crippen LogP contribution is -2.50. The van der Waals surface area contributed by atoms with Crippen molar-refractivity contribution in [3.05, 3.63) is 76.6 Å². The lowest BCUT2D eigenvalue weighted by atomic mass is 9.93. The van der Waals surface area contributed by atoms with Gasteiger partial charge >= 0.3 is 0 Å². The van der Waals surface area contributed by atoms with E-state index in [1.165, 1.54) is 22.5 Å². The number of amides is 3. The molecular weight excluding hydrogens is 378 g/mol. The molecule has 1 aromatic carbocycles. The Bertz CT molecular complexity index is 1040. The number of hydrogen-bond acceptors (Lipinski definition) is 5. The van der Waals surface area contributed by atoms with Gasteiger partial charge in [0.25, 0.3) is 11.8 Å². The van der Waals surface area contributed by atoms with Gasteiger partial charge in [-0.05, 0) is 34.7 Å². The summed E-state index contributed by atoms with van der Waals surface area (Å²) in [6.07, 6.45) is 1.79. The van der Waals surface area contributed by atoms with Crippen molar-refractivity contribution in [3.63, 3.8) is 0 Å². The average molecular weight is 395 g/mol. The number of nitrogens with zero attached hydrogens (tertiary/aromatic N) is 1. The molecule has 3 heterocycles. The van der Waals surface area contributed by atoms with Crippen molar-refractivity contribution < 1.29 is 18.8 Å². The number of rotatable bonds is 4. The molecule has 0 saturated carbocycles. The molecule has 3 aromatic rings. The number of fused-ring (bicyclic) bond motifs is 1. The Morgan fingerprint density at radius 1 is 1.11 bits per heavy atom. The fraction of sp³-hybridized carbons (Fsp3) is 0.150. The van der Waals surface area contributed by atoms with Crippen LogP contribution in [0.4, 0.5) is 5.00 Å². The molecule has 142 valence electrons. The Labute approximate surface area is 164 Å². The molecule has 0 saturated heterocycles. The first-order chi connectivity index (χ1) is 13.5. The molecule has 0 fully saturated rings. The number of carbonyl (C=O) groups is 3. The van der Waals surface area contributed by atoms with E-state index in [4.69, 9.17) is 10.2 Å². The highest BCUT2D eigenvalue weighted by molar-refractivity contribution is 7.14. The number of thiophene rings is 1. The number of nitrogens with one attached hydrogen (secondary N) is 1. The van der Waals surface area contributed by atoms with Crippen LogP contribution in [-0.4, -0.2) is 28.7 Å². The van der Waals surface area contributed by atoms with Gasteiger partial charge in [0.15, 0.2) is 5.76 Å². The van der Waals surface area contributed by atoms with Crippen molar-refractivity contribution >= 4 is 34.1 Å². The second kappa shape index (κ2) is 7.32. The van der Waals surface area contributed by atoms with E-state index in [1.807, 2.05) is 24.3 Å². The summed E-state index contributed by atoms with van der Waals surface area (Å²) in [6.45, 7) is 0.293. The summed E-state index contributed by atoms with van der Waals surface area (Å²) in [6, 6.07) is 11.7. The third-order valence-electron chi connectivity index (χ3n) is 4.71. The van der Waals surface area contributed by atoms with Crippen molar-refractivity contribution in [3.8, 4) is 0 Å². The van der Waals surface area contributed by atoms with E-state index in [0.29, 0.717) is 18.0 Å². The van der Waals surface area contributed by atoms with Gasteiger partial charge < -0.3 is 20.4 Å². The van der Waals surface area contributed by atoms with Crippen LogP contribution in [0.3, 0.4) is 0 Å². The highest BCUT2D eigenvalue weighted by Crippen LogP contribution is 2.28. The molecule has 0 spiro atoms. The Morgan fingerprint density at radius 2 is 1.89 bits per heavy atom. The van der Waals surface area contributed by atoms with E-state index in [2.05, 4.69) is 5.32 Å². The lowest BCUT2D eigenvalue weighted by molar-refractivity contribution is -0.121. The fourth-order valence-corrected chi connectivity index (χ4v) is 4.10. The topological polar surface area (TPSA) is 106 Å². The number of primary amides is 1. The molecule has 3 N–H and O–H groups in total. The third-order valence-corrected chi connectivity index (χ3v) is 5.54. The van der Waals surface area contributed by atoms with E-state index in [-0.39, 0.29) is 23.1 Å². The number of benzene rings is 1. The molecule has 0 bridgehead atoms. The van der Waals surface area contributed by atoms with Crippen molar-refractivity contribution in [2.75, 3.05) is 5.32 Å². The Morgan fingerprint density at radius 3 is 2.61 bits per heavy atom. The van der Waals surface area contributed by atoms with Gasteiger partial charge in [0, 0.05) is 13.0 Å². The number of furan rings is 1. The average Bonchev–Trinajstić information content (AvgIpc) is 3.38. The molecule has 3 amide bonds. The lowest BCUT2D eigenvalue weighted by Gasteiger charge is -2.35. The van der Waals surface area contributed by atoms with Gasteiger partial charge in [-0.3, -0.25) is 14.4 Å². The van der Waals surface area contributed by atoms with Gasteiger partial charge in [0.2, 0.25) is 5.91 Å².